The first-order chi connectivity index (χ1) is 9.15. The highest BCUT2D eigenvalue weighted by molar-refractivity contribution is 9.10. The first-order valence-corrected chi connectivity index (χ1v) is 7.13. The minimum absolute atomic E-state index is 0.133. The Morgan fingerprint density at radius 3 is 2.95 bits per heavy atom. The van der Waals surface area contributed by atoms with E-state index in [1.165, 1.54) is 18.3 Å². The van der Waals surface area contributed by atoms with E-state index in [0.717, 1.165) is 20.4 Å². The summed E-state index contributed by atoms with van der Waals surface area (Å²) < 4.78 is 1.90. The van der Waals surface area contributed by atoms with Gasteiger partial charge < -0.3 is 5.32 Å². The van der Waals surface area contributed by atoms with E-state index in [-0.39, 0.29) is 5.91 Å². The lowest BCUT2D eigenvalue weighted by molar-refractivity contribution is -0.114. The van der Waals surface area contributed by atoms with Crippen LogP contribution in [0.3, 0.4) is 0 Å². The zero-order valence-electron chi connectivity index (χ0n) is 9.90. The van der Waals surface area contributed by atoms with Gasteiger partial charge in [-0.1, -0.05) is 45.5 Å². The van der Waals surface area contributed by atoms with Gasteiger partial charge in [0.05, 0.1) is 0 Å². The number of rotatable bonds is 2. The molecule has 0 aliphatic heterocycles. The van der Waals surface area contributed by atoms with E-state index in [1.54, 1.807) is 0 Å². The number of nitrogens with zero attached hydrogens (tertiary/aromatic N) is 2. The van der Waals surface area contributed by atoms with Crippen molar-refractivity contribution in [2.24, 2.45) is 0 Å². The van der Waals surface area contributed by atoms with E-state index < -0.39 is 0 Å². The van der Waals surface area contributed by atoms with E-state index in [4.69, 9.17) is 0 Å². The molecular formula is C12H9BrN4OS. The van der Waals surface area contributed by atoms with Crippen molar-refractivity contribution in [3.05, 3.63) is 28.7 Å². The van der Waals surface area contributed by atoms with Crippen LogP contribution in [0.4, 0.5) is 5.13 Å². The fraction of sp³-hybridized carbons (Fsp3) is 0.0833. The molecule has 1 aromatic carbocycles. The minimum atomic E-state index is -0.133. The van der Waals surface area contributed by atoms with Gasteiger partial charge in [0.25, 0.3) is 0 Å². The van der Waals surface area contributed by atoms with Gasteiger partial charge in [-0.15, -0.1) is 0 Å². The van der Waals surface area contributed by atoms with Gasteiger partial charge >= 0.3 is 0 Å². The van der Waals surface area contributed by atoms with Crippen molar-refractivity contribution in [1.82, 2.24) is 15.2 Å². The summed E-state index contributed by atoms with van der Waals surface area (Å²) in [7, 11) is 0. The van der Waals surface area contributed by atoms with Gasteiger partial charge in [-0.05, 0) is 6.07 Å². The molecule has 19 heavy (non-hydrogen) atoms. The normalized spacial score (nSPS) is 10.8. The van der Waals surface area contributed by atoms with Gasteiger partial charge in [0.15, 0.2) is 10.8 Å². The van der Waals surface area contributed by atoms with Crippen molar-refractivity contribution >= 4 is 48.7 Å². The molecule has 0 spiro atoms. The van der Waals surface area contributed by atoms with Gasteiger partial charge in [0.2, 0.25) is 5.91 Å². The number of aromatic amines is 1. The summed E-state index contributed by atoms with van der Waals surface area (Å²) in [5.41, 5.74) is 2.50. The van der Waals surface area contributed by atoms with Crippen molar-refractivity contribution in [3.8, 4) is 11.3 Å². The van der Waals surface area contributed by atoms with Crippen molar-refractivity contribution in [2.45, 2.75) is 6.92 Å². The van der Waals surface area contributed by atoms with Crippen molar-refractivity contribution in [3.63, 3.8) is 0 Å². The summed E-state index contributed by atoms with van der Waals surface area (Å²) in [6, 6.07) is 7.85. The van der Waals surface area contributed by atoms with Crippen LogP contribution in [0.15, 0.2) is 28.7 Å². The molecule has 96 valence electrons. The fourth-order valence-electron chi connectivity index (χ4n) is 1.76. The van der Waals surface area contributed by atoms with E-state index in [0.29, 0.717) is 10.8 Å². The second kappa shape index (κ2) is 4.75. The number of anilines is 1. The molecule has 0 aliphatic carbocycles. The maximum Gasteiger partial charge on any atom is 0.223 e. The van der Waals surface area contributed by atoms with Crippen LogP contribution in [0.5, 0.6) is 0 Å². The van der Waals surface area contributed by atoms with E-state index in [2.05, 4.69) is 36.4 Å². The minimum Gasteiger partial charge on any atom is -0.302 e. The summed E-state index contributed by atoms with van der Waals surface area (Å²) in [6.07, 6.45) is 0. The summed E-state index contributed by atoms with van der Waals surface area (Å²) in [6.45, 7) is 1.46. The molecule has 0 atom stereocenters. The third-order valence-electron chi connectivity index (χ3n) is 2.53. The zero-order valence-corrected chi connectivity index (χ0v) is 12.3. The molecule has 2 heterocycles. The summed E-state index contributed by atoms with van der Waals surface area (Å²) in [5.74, 6) is -0.133. The number of hydrogen-bond donors (Lipinski definition) is 2. The van der Waals surface area contributed by atoms with Crippen molar-refractivity contribution in [1.29, 1.82) is 0 Å². The van der Waals surface area contributed by atoms with Crippen LogP contribution in [-0.2, 0) is 4.79 Å². The third kappa shape index (κ3) is 2.26. The molecule has 7 heteroatoms. The molecule has 0 saturated heterocycles. The van der Waals surface area contributed by atoms with Gasteiger partial charge in [0, 0.05) is 17.0 Å². The molecule has 0 bridgehead atoms. The highest BCUT2D eigenvalue weighted by Crippen LogP contribution is 2.36. The van der Waals surface area contributed by atoms with Crippen LogP contribution in [-0.4, -0.2) is 21.1 Å². The number of thiazole rings is 1. The summed E-state index contributed by atoms with van der Waals surface area (Å²) >= 11 is 4.92. The first kappa shape index (κ1) is 12.3. The van der Waals surface area contributed by atoms with Crippen LogP contribution in [0.25, 0.3) is 21.6 Å². The fourth-order valence-corrected chi connectivity index (χ4v) is 3.19. The Labute approximate surface area is 121 Å². The quantitative estimate of drug-likeness (QED) is 0.753. The monoisotopic (exact) mass is 336 g/mol. The predicted octanol–water partition coefficient (Wildman–Crippen LogP) is 3.41. The number of benzene rings is 1. The van der Waals surface area contributed by atoms with Crippen LogP contribution < -0.4 is 5.32 Å². The maximum atomic E-state index is 11.0. The first-order valence-electron chi connectivity index (χ1n) is 5.52. The molecule has 0 radical (unpaired) electrons. The second-order valence-corrected chi connectivity index (χ2v) is 5.78. The third-order valence-corrected chi connectivity index (χ3v) is 4.20. The highest BCUT2D eigenvalue weighted by atomic mass is 79.9. The average molecular weight is 337 g/mol. The largest absolute Gasteiger partial charge is 0.302 e. The number of aromatic nitrogens is 3. The maximum absolute atomic E-state index is 11.0. The Kier molecular flexibility index (Phi) is 3.08. The van der Waals surface area contributed by atoms with Crippen LogP contribution in [0, 0.1) is 0 Å². The number of carbonyl (C=O) groups excluding carboxylic acids is 1. The predicted molar refractivity (Wildman–Crippen MR) is 79.2 cm³/mol. The van der Waals surface area contributed by atoms with Gasteiger partial charge in [-0.25, -0.2) is 4.98 Å². The molecule has 2 aromatic heterocycles. The molecule has 1 amide bonds. The lowest BCUT2D eigenvalue weighted by Crippen LogP contribution is -2.04. The molecule has 0 unspecified atom stereocenters. The SMILES string of the molecule is CC(=O)Nc1nc2[nH]nc(-c3ccccc3Br)c2s1. The molecule has 0 saturated carbocycles. The number of amides is 1. The van der Waals surface area contributed by atoms with Gasteiger partial charge in [0.1, 0.15) is 10.4 Å². The Balaban J connectivity index is 2.12. The lowest BCUT2D eigenvalue weighted by Gasteiger charge is -1.99. The Hall–Kier alpha value is -1.73. The number of fused-ring (bicyclic) bond motifs is 1. The topological polar surface area (TPSA) is 70.7 Å². The van der Waals surface area contributed by atoms with E-state index in [1.807, 2.05) is 24.3 Å². The summed E-state index contributed by atoms with van der Waals surface area (Å²) in [5, 5.41) is 10.4. The molecule has 0 aliphatic rings. The Morgan fingerprint density at radius 1 is 1.42 bits per heavy atom. The van der Waals surface area contributed by atoms with E-state index >= 15 is 0 Å². The lowest BCUT2D eigenvalue weighted by atomic mass is 10.1. The molecule has 0 fully saturated rings. The van der Waals surface area contributed by atoms with E-state index in [9.17, 15) is 4.79 Å². The molecule has 3 aromatic rings. The standard InChI is InChI=1S/C12H9BrN4OS/c1-6(18)14-12-15-11-10(19-12)9(16-17-11)7-4-2-3-5-8(7)13/h2-5H,1H3,(H2,14,15,16,17,18). The molecular weight excluding hydrogens is 328 g/mol. The van der Waals surface area contributed by atoms with Crippen LogP contribution in [0.1, 0.15) is 6.92 Å². The number of hydrogen-bond acceptors (Lipinski definition) is 4. The molecule has 2 N–H and O–H groups in total. The van der Waals surface area contributed by atoms with Crippen LogP contribution in [0.2, 0.25) is 0 Å². The average Bonchev–Trinajstić information content (AvgIpc) is 2.89. The van der Waals surface area contributed by atoms with Gasteiger partial charge in [-0.3, -0.25) is 9.89 Å². The number of H-pyrrole nitrogens is 1. The smallest absolute Gasteiger partial charge is 0.223 e. The van der Waals surface area contributed by atoms with Crippen molar-refractivity contribution in [2.75, 3.05) is 5.32 Å². The molecule has 5 nitrogen and oxygen atoms in total. The number of halogens is 1. The second-order valence-electron chi connectivity index (χ2n) is 3.93. The zero-order chi connectivity index (χ0) is 13.4. The highest BCUT2D eigenvalue weighted by Gasteiger charge is 2.15. The van der Waals surface area contributed by atoms with Crippen LogP contribution >= 0.6 is 27.3 Å². The number of carbonyl (C=O) groups is 1. The Morgan fingerprint density at radius 2 is 2.21 bits per heavy atom. The molecule has 3 rings (SSSR count). The Bertz CT molecular complexity index is 764. The van der Waals surface area contributed by atoms with Crippen molar-refractivity contribution < 1.29 is 4.79 Å². The van der Waals surface area contributed by atoms with Gasteiger partial charge in [-0.2, -0.15) is 5.10 Å². The number of nitrogens with one attached hydrogen (secondary N) is 2. The summed E-state index contributed by atoms with van der Waals surface area (Å²) in [4.78, 5) is 15.3.